The first-order chi connectivity index (χ1) is 13.6. The number of pyridine rings is 1. The molecule has 5 rings (SSSR count). The number of anilines is 1. The molecule has 1 N–H and O–H groups in total. The number of nitrogens with one attached hydrogen (secondary N) is 1. The highest BCUT2D eigenvalue weighted by atomic mass is 19.1. The summed E-state index contributed by atoms with van der Waals surface area (Å²) in [5.41, 5.74) is 1.88. The quantitative estimate of drug-likeness (QED) is 0.877. The van der Waals surface area contributed by atoms with E-state index in [2.05, 4.69) is 15.2 Å². The smallest absolute Gasteiger partial charge is 0.213 e. The molecular formula is C20H25FN6O. The van der Waals surface area contributed by atoms with E-state index in [-0.39, 0.29) is 12.1 Å². The van der Waals surface area contributed by atoms with Gasteiger partial charge in [-0.05, 0) is 38.8 Å². The molecule has 7 nitrogen and oxygen atoms in total. The van der Waals surface area contributed by atoms with Crippen molar-refractivity contribution in [1.82, 2.24) is 19.6 Å². The third-order valence-electron chi connectivity index (χ3n) is 5.82. The van der Waals surface area contributed by atoms with Crippen LogP contribution < -0.4 is 10.2 Å². The SMILES string of the molecule is CCOC1=NC(N2CC3CNCC3C2)N(c2cc(F)c3nc(C)cn3c2)C=C1. The summed E-state index contributed by atoms with van der Waals surface area (Å²) in [7, 11) is 0. The predicted molar refractivity (Wildman–Crippen MR) is 106 cm³/mol. The van der Waals surface area contributed by atoms with Gasteiger partial charge in [-0.1, -0.05) is 0 Å². The lowest BCUT2D eigenvalue weighted by molar-refractivity contribution is 0.224. The molecule has 2 aromatic rings. The largest absolute Gasteiger partial charge is 0.478 e. The Kier molecular flexibility index (Phi) is 4.32. The number of halogens is 1. The summed E-state index contributed by atoms with van der Waals surface area (Å²) in [6.07, 6.45) is 7.30. The van der Waals surface area contributed by atoms with Crippen LogP contribution in [0.2, 0.25) is 0 Å². The van der Waals surface area contributed by atoms with E-state index in [1.54, 1.807) is 10.5 Å². The Hall–Kier alpha value is -2.45. The molecule has 3 aliphatic rings. The summed E-state index contributed by atoms with van der Waals surface area (Å²) < 4.78 is 22.1. The highest BCUT2D eigenvalue weighted by Crippen LogP contribution is 2.32. The van der Waals surface area contributed by atoms with Gasteiger partial charge in [-0.25, -0.2) is 14.4 Å². The molecule has 2 fully saturated rings. The van der Waals surface area contributed by atoms with Gasteiger partial charge in [0.05, 0.1) is 18.0 Å². The lowest BCUT2D eigenvalue weighted by atomic mass is 10.0. The fraction of sp³-hybridized carbons (Fsp3) is 0.500. The maximum Gasteiger partial charge on any atom is 0.213 e. The summed E-state index contributed by atoms with van der Waals surface area (Å²) in [5, 5.41) is 3.47. The number of imidazole rings is 1. The van der Waals surface area contributed by atoms with Gasteiger partial charge >= 0.3 is 0 Å². The molecule has 8 heteroatoms. The maximum absolute atomic E-state index is 14.7. The van der Waals surface area contributed by atoms with E-state index < -0.39 is 0 Å². The van der Waals surface area contributed by atoms with Crippen LogP contribution in [0.3, 0.4) is 0 Å². The molecule has 148 valence electrons. The summed E-state index contributed by atoms with van der Waals surface area (Å²) in [6, 6.07) is 1.54. The molecule has 3 aliphatic heterocycles. The van der Waals surface area contributed by atoms with E-state index in [4.69, 9.17) is 9.73 Å². The highest BCUT2D eigenvalue weighted by Gasteiger charge is 2.41. The number of ether oxygens (including phenoxy) is 1. The molecule has 0 aromatic carbocycles. The molecule has 28 heavy (non-hydrogen) atoms. The fourth-order valence-electron chi connectivity index (χ4n) is 4.54. The van der Waals surface area contributed by atoms with E-state index in [1.807, 2.05) is 43.4 Å². The van der Waals surface area contributed by atoms with Crippen LogP contribution in [-0.4, -0.2) is 59.3 Å². The van der Waals surface area contributed by atoms with E-state index in [1.165, 1.54) is 0 Å². The number of hydrogen-bond acceptors (Lipinski definition) is 6. The van der Waals surface area contributed by atoms with Crippen LogP contribution in [0.5, 0.6) is 0 Å². The average molecular weight is 384 g/mol. The van der Waals surface area contributed by atoms with Crippen LogP contribution in [0.1, 0.15) is 12.6 Å². The molecule has 3 unspecified atom stereocenters. The van der Waals surface area contributed by atoms with E-state index >= 15 is 0 Å². The van der Waals surface area contributed by atoms with Gasteiger partial charge in [0.2, 0.25) is 5.90 Å². The van der Waals surface area contributed by atoms with Gasteiger partial charge in [-0.2, -0.15) is 0 Å². The summed E-state index contributed by atoms with van der Waals surface area (Å²) >= 11 is 0. The molecule has 0 amide bonds. The zero-order valence-electron chi connectivity index (χ0n) is 16.2. The fourth-order valence-corrected chi connectivity index (χ4v) is 4.54. The van der Waals surface area contributed by atoms with Crippen LogP contribution >= 0.6 is 0 Å². The number of hydrogen-bond donors (Lipinski definition) is 1. The number of rotatable bonds is 3. The predicted octanol–water partition coefficient (Wildman–Crippen LogP) is 1.99. The molecule has 2 aromatic heterocycles. The van der Waals surface area contributed by atoms with E-state index in [0.29, 0.717) is 30.0 Å². The van der Waals surface area contributed by atoms with Crippen LogP contribution in [0.4, 0.5) is 10.1 Å². The monoisotopic (exact) mass is 384 g/mol. The van der Waals surface area contributed by atoms with Crippen molar-refractivity contribution in [2.75, 3.05) is 37.7 Å². The Labute approximate surface area is 163 Å². The average Bonchev–Trinajstić information content (AvgIpc) is 3.35. The topological polar surface area (TPSA) is 57.4 Å². The zero-order chi connectivity index (χ0) is 19.3. The van der Waals surface area contributed by atoms with Crippen LogP contribution in [0.25, 0.3) is 5.65 Å². The number of aliphatic imine (C=N–C) groups is 1. The van der Waals surface area contributed by atoms with Gasteiger partial charge in [0.25, 0.3) is 0 Å². The van der Waals surface area contributed by atoms with Gasteiger partial charge in [-0.15, -0.1) is 0 Å². The van der Waals surface area contributed by atoms with Crippen molar-refractivity contribution in [1.29, 1.82) is 0 Å². The van der Waals surface area contributed by atoms with Crippen molar-refractivity contribution in [3.8, 4) is 0 Å². The molecule has 0 radical (unpaired) electrons. The number of aryl methyl sites for hydroxylation is 1. The lowest BCUT2D eigenvalue weighted by Crippen LogP contribution is -2.47. The van der Waals surface area contributed by atoms with E-state index in [9.17, 15) is 4.39 Å². The maximum atomic E-state index is 14.7. The lowest BCUT2D eigenvalue weighted by Gasteiger charge is -2.36. The molecular weight excluding hydrogens is 359 g/mol. The number of aromatic nitrogens is 2. The normalized spacial score (nSPS) is 27.5. The zero-order valence-corrected chi connectivity index (χ0v) is 16.2. The van der Waals surface area contributed by atoms with Crippen molar-refractivity contribution in [3.63, 3.8) is 0 Å². The van der Waals surface area contributed by atoms with Crippen molar-refractivity contribution in [2.45, 2.75) is 20.1 Å². The van der Waals surface area contributed by atoms with Crippen molar-refractivity contribution in [3.05, 3.63) is 42.2 Å². The summed E-state index contributed by atoms with van der Waals surface area (Å²) in [5.74, 6) is 1.59. The Morgan fingerprint density at radius 2 is 2.04 bits per heavy atom. The minimum Gasteiger partial charge on any atom is -0.478 e. The van der Waals surface area contributed by atoms with Crippen LogP contribution in [0, 0.1) is 24.6 Å². The summed E-state index contributed by atoms with van der Waals surface area (Å²) in [6.45, 7) is 8.45. The first-order valence-corrected chi connectivity index (χ1v) is 9.89. The Balaban J connectivity index is 1.50. The van der Waals surface area contributed by atoms with Crippen molar-refractivity contribution in [2.24, 2.45) is 16.8 Å². The third-order valence-corrected chi connectivity index (χ3v) is 5.82. The number of fused-ring (bicyclic) bond motifs is 2. The minimum absolute atomic E-state index is 0.237. The molecule has 5 heterocycles. The molecule has 0 spiro atoms. The molecule has 3 atom stereocenters. The van der Waals surface area contributed by atoms with E-state index in [0.717, 1.165) is 37.6 Å². The molecule has 0 bridgehead atoms. The Morgan fingerprint density at radius 1 is 1.25 bits per heavy atom. The Morgan fingerprint density at radius 3 is 2.79 bits per heavy atom. The van der Waals surface area contributed by atoms with Gasteiger partial charge in [0, 0.05) is 43.8 Å². The second-order valence-electron chi connectivity index (χ2n) is 7.76. The van der Waals surface area contributed by atoms with Crippen molar-refractivity contribution >= 4 is 17.2 Å². The molecule has 0 saturated carbocycles. The second-order valence-corrected chi connectivity index (χ2v) is 7.76. The Bertz CT molecular complexity index is 942. The van der Waals surface area contributed by atoms with Gasteiger partial charge in [0.1, 0.15) is 0 Å². The first kappa shape index (κ1) is 17.6. The second kappa shape index (κ2) is 6.86. The summed E-state index contributed by atoms with van der Waals surface area (Å²) in [4.78, 5) is 13.5. The van der Waals surface area contributed by atoms with Crippen molar-refractivity contribution < 1.29 is 9.13 Å². The third kappa shape index (κ3) is 2.97. The minimum atomic E-state index is -0.333. The first-order valence-electron chi connectivity index (χ1n) is 9.89. The van der Waals surface area contributed by atoms with Gasteiger partial charge < -0.3 is 19.4 Å². The van der Waals surface area contributed by atoms with Crippen LogP contribution in [-0.2, 0) is 4.74 Å². The standard InChI is InChI=1S/C20H25FN6O/c1-3-28-18-4-5-27(16-6-17(21)19-23-13(2)9-25(19)12-16)20(24-18)26-10-14-7-22-8-15(14)11-26/h4-6,9,12,14-15,20,22H,3,7-8,10-11H2,1-2H3. The number of nitrogens with zero attached hydrogens (tertiary/aromatic N) is 5. The van der Waals surface area contributed by atoms with Gasteiger partial charge in [0.15, 0.2) is 17.8 Å². The molecule has 2 saturated heterocycles. The van der Waals surface area contributed by atoms with Gasteiger partial charge in [-0.3, -0.25) is 4.90 Å². The van der Waals surface area contributed by atoms with Crippen LogP contribution in [0.15, 0.2) is 35.7 Å². The number of likely N-dealkylation sites (tertiary alicyclic amines) is 1. The molecule has 0 aliphatic carbocycles. The highest BCUT2D eigenvalue weighted by molar-refractivity contribution is 5.89.